The van der Waals surface area contributed by atoms with Gasteiger partial charge in [0.2, 0.25) is 11.8 Å². The van der Waals surface area contributed by atoms with Crippen LogP contribution in [0.4, 0.5) is 0 Å². The van der Waals surface area contributed by atoms with Gasteiger partial charge in [-0.1, -0.05) is 42.5 Å². The molecule has 1 aromatic carbocycles. The van der Waals surface area contributed by atoms with Crippen LogP contribution in [-0.4, -0.2) is 48.2 Å². The van der Waals surface area contributed by atoms with Gasteiger partial charge in [0, 0.05) is 12.5 Å². The Morgan fingerprint density at radius 1 is 1.09 bits per heavy atom. The van der Waals surface area contributed by atoms with Gasteiger partial charge in [-0.05, 0) is 45.1 Å². The highest BCUT2D eigenvalue weighted by atomic mass is 16.5. The van der Waals surface area contributed by atoms with Crippen molar-refractivity contribution in [3.63, 3.8) is 0 Å². The molecule has 1 aromatic rings. The van der Waals surface area contributed by atoms with Gasteiger partial charge in [-0.15, -0.1) is 13.2 Å². The topological polar surface area (TPSA) is 105 Å². The van der Waals surface area contributed by atoms with Crippen LogP contribution < -0.4 is 10.6 Å². The number of ether oxygens (including phenoxy) is 1. The van der Waals surface area contributed by atoms with Crippen LogP contribution in [0.25, 0.3) is 0 Å². The van der Waals surface area contributed by atoms with E-state index in [1.165, 1.54) is 0 Å². The number of benzene rings is 1. The van der Waals surface area contributed by atoms with Crippen molar-refractivity contribution in [2.24, 2.45) is 11.8 Å². The van der Waals surface area contributed by atoms with Gasteiger partial charge in [0.05, 0.1) is 25.0 Å². The molecule has 0 aliphatic carbocycles. The number of nitrogens with one attached hydrogen (secondary N) is 2. The first-order chi connectivity index (χ1) is 15.8. The second-order valence-corrected chi connectivity index (χ2v) is 8.32. The zero-order valence-corrected chi connectivity index (χ0v) is 19.8. The maximum absolute atomic E-state index is 12.8. The number of carbonyl (C=O) groups is 3. The normalized spacial score (nSPS) is 14.3. The van der Waals surface area contributed by atoms with Gasteiger partial charge in [0.1, 0.15) is 6.10 Å². The van der Waals surface area contributed by atoms with E-state index in [-0.39, 0.29) is 49.3 Å². The predicted octanol–water partition coefficient (Wildman–Crippen LogP) is 2.94. The molecule has 1 rings (SSSR count). The molecule has 33 heavy (non-hydrogen) atoms. The molecular formula is C26H38N2O5. The van der Waals surface area contributed by atoms with Crippen molar-refractivity contribution in [2.45, 2.75) is 58.1 Å². The molecule has 3 N–H and O–H groups in total. The molecule has 0 heterocycles. The summed E-state index contributed by atoms with van der Waals surface area (Å²) in [4.78, 5) is 37.4. The standard InChI is InChI=1S/C26H38N2O5/c1-5-7-14-23(15-21-12-9-8-10-13-21)26(32)33-20(4)17-27-25(31)22(11-6-2)16-24(30)28-19(3)18-29/h5-6,8-10,12-13,19-20,22-23,29H,1-2,7,11,14-18H2,3-4H3,(H,27,31)(H,28,30)/t19-,20-,22-,23+/m0/s1. The Morgan fingerprint density at radius 3 is 2.39 bits per heavy atom. The van der Waals surface area contributed by atoms with Gasteiger partial charge in [0.25, 0.3) is 0 Å². The molecule has 182 valence electrons. The third-order valence-electron chi connectivity index (χ3n) is 5.19. The number of hydrogen-bond donors (Lipinski definition) is 3. The lowest BCUT2D eigenvalue weighted by molar-refractivity contribution is -0.153. The average molecular weight is 459 g/mol. The Kier molecular flexibility index (Phi) is 13.5. The van der Waals surface area contributed by atoms with Gasteiger partial charge >= 0.3 is 5.97 Å². The molecule has 2 amide bonds. The van der Waals surface area contributed by atoms with E-state index in [0.717, 1.165) is 5.56 Å². The number of carbonyl (C=O) groups excluding carboxylic acids is 3. The van der Waals surface area contributed by atoms with Gasteiger partial charge in [-0.2, -0.15) is 0 Å². The summed E-state index contributed by atoms with van der Waals surface area (Å²) in [5, 5.41) is 14.5. The molecule has 0 aromatic heterocycles. The quantitative estimate of drug-likeness (QED) is 0.261. The largest absolute Gasteiger partial charge is 0.461 e. The lowest BCUT2D eigenvalue weighted by Gasteiger charge is -2.21. The number of amides is 2. The van der Waals surface area contributed by atoms with Crippen LogP contribution in [0.5, 0.6) is 0 Å². The summed E-state index contributed by atoms with van der Waals surface area (Å²) in [5.74, 6) is -1.81. The summed E-state index contributed by atoms with van der Waals surface area (Å²) in [6.45, 7) is 10.8. The number of aliphatic hydroxyl groups excluding tert-OH is 1. The lowest BCUT2D eigenvalue weighted by atomic mass is 9.95. The van der Waals surface area contributed by atoms with Crippen LogP contribution >= 0.6 is 0 Å². The van der Waals surface area contributed by atoms with E-state index >= 15 is 0 Å². The van der Waals surface area contributed by atoms with Crippen LogP contribution in [0.3, 0.4) is 0 Å². The lowest BCUT2D eigenvalue weighted by Crippen LogP contribution is -2.41. The molecule has 0 radical (unpaired) electrons. The Morgan fingerprint density at radius 2 is 1.79 bits per heavy atom. The molecule has 0 bridgehead atoms. The van der Waals surface area contributed by atoms with E-state index in [2.05, 4.69) is 23.8 Å². The molecule has 0 saturated heterocycles. The van der Waals surface area contributed by atoms with Crippen molar-refractivity contribution in [1.82, 2.24) is 10.6 Å². The van der Waals surface area contributed by atoms with E-state index < -0.39 is 12.0 Å². The maximum atomic E-state index is 12.8. The third kappa shape index (κ3) is 11.5. The van der Waals surface area contributed by atoms with Crippen molar-refractivity contribution in [3.8, 4) is 0 Å². The van der Waals surface area contributed by atoms with Crippen LogP contribution in [0.2, 0.25) is 0 Å². The molecule has 4 atom stereocenters. The molecular weight excluding hydrogens is 420 g/mol. The summed E-state index contributed by atoms with van der Waals surface area (Å²) in [6.07, 6.45) is 5.10. The second-order valence-electron chi connectivity index (χ2n) is 8.32. The highest BCUT2D eigenvalue weighted by Crippen LogP contribution is 2.17. The van der Waals surface area contributed by atoms with Crippen LogP contribution in [0.15, 0.2) is 55.6 Å². The molecule has 7 heteroatoms. The van der Waals surface area contributed by atoms with Crippen molar-refractivity contribution < 1.29 is 24.2 Å². The summed E-state index contributed by atoms with van der Waals surface area (Å²) in [7, 11) is 0. The number of hydrogen-bond acceptors (Lipinski definition) is 5. The fourth-order valence-corrected chi connectivity index (χ4v) is 3.33. The highest BCUT2D eigenvalue weighted by Gasteiger charge is 2.24. The van der Waals surface area contributed by atoms with Crippen LogP contribution in [-0.2, 0) is 25.5 Å². The fraction of sp³-hybridized carbons (Fsp3) is 0.500. The molecule has 7 nitrogen and oxygen atoms in total. The fourth-order valence-electron chi connectivity index (χ4n) is 3.33. The average Bonchev–Trinajstić information content (AvgIpc) is 2.80. The van der Waals surface area contributed by atoms with Crippen molar-refractivity contribution in [2.75, 3.05) is 13.2 Å². The smallest absolute Gasteiger partial charge is 0.309 e. The van der Waals surface area contributed by atoms with Gasteiger partial charge in [0.15, 0.2) is 0 Å². The predicted molar refractivity (Wildman–Crippen MR) is 129 cm³/mol. The van der Waals surface area contributed by atoms with Gasteiger partial charge < -0.3 is 20.5 Å². The first-order valence-electron chi connectivity index (χ1n) is 11.4. The number of aliphatic hydroxyl groups is 1. The zero-order valence-electron chi connectivity index (χ0n) is 19.8. The molecule has 0 fully saturated rings. The first kappa shape index (κ1) is 28.1. The molecule has 0 saturated carbocycles. The van der Waals surface area contributed by atoms with Crippen LogP contribution in [0.1, 0.15) is 45.1 Å². The zero-order chi connectivity index (χ0) is 24.6. The Bertz CT molecular complexity index is 765. The summed E-state index contributed by atoms with van der Waals surface area (Å²) < 4.78 is 5.60. The molecule has 0 unspecified atom stereocenters. The minimum absolute atomic E-state index is 0.0168. The Hall–Kier alpha value is -2.93. The minimum Gasteiger partial charge on any atom is -0.461 e. The van der Waals surface area contributed by atoms with E-state index in [1.54, 1.807) is 26.0 Å². The van der Waals surface area contributed by atoms with E-state index in [1.807, 2.05) is 30.3 Å². The first-order valence-corrected chi connectivity index (χ1v) is 11.4. The van der Waals surface area contributed by atoms with Crippen LogP contribution in [0, 0.1) is 11.8 Å². The summed E-state index contributed by atoms with van der Waals surface area (Å²) >= 11 is 0. The highest BCUT2D eigenvalue weighted by molar-refractivity contribution is 5.86. The van der Waals surface area contributed by atoms with Gasteiger partial charge in [-0.25, -0.2) is 0 Å². The number of allylic oxidation sites excluding steroid dienone is 2. The Labute approximate surface area is 197 Å². The SMILES string of the molecule is C=CCC[C@H](Cc1ccccc1)C(=O)O[C@@H](C)CNC(=O)[C@@H](CC=C)CC(=O)N[C@@H](C)CO. The number of esters is 1. The maximum Gasteiger partial charge on any atom is 0.309 e. The van der Waals surface area contributed by atoms with Crippen molar-refractivity contribution >= 4 is 17.8 Å². The monoisotopic (exact) mass is 458 g/mol. The summed E-state index contributed by atoms with van der Waals surface area (Å²) in [5.41, 5.74) is 1.06. The second kappa shape index (κ2) is 15.8. The van der Waals surface area contributed by atoms with Crippen molar-refractivity contribution in [3.05, 3.63) is 61.2 Å². The van der Waals surface area contributed by atoms with E-state index in [0.29, 0.717) is 25.7 Å². The van der Waals surface area contributed by atoms with E-state index in [4.69, 9.17) is 9.84 Å². The molecule has 0 aliphatic rings. The molecule has 0 spiro atoms. The minimum atomic E-state index is -0.588. The van der Waals surface area contributed by atoms with Gasteiger partial charge in [-0.3, -0.25) is 14.4 Å². The Balaban J connectivity index is 2.60. The molecule has 0 aliphatic heterocycles. The third-order valence-corrected chi connectivity index (χ3v) is 5.19. The van der Waals surface area contributed by atoms with E-state index in [9.17, 15) is 14.4 Å². The number of rotatable bonds is 16. The summed E-state index contributed by atoms with van der Waals surface area (Å²) in [6, 6.07) is 9.39. The van der Waals surface area contributed by atoms with Crippen molar-refractivity contribution in [1.29, 1.82) is 0 Å².